The van der Waals surface area contributed by atoms with Crippen LogP contribution in [-0.4, -0.2) is 9.13 Å². The van der Waals surface area contributed by atoms with Gasteiger partial charge in [0.1, 0.15) is 11.2 Å². The summed E-state index contributed by atoms with van der Waals surface area (Å²) >= 11 is 0. The minimum absolute atomic E-state index is 0.160. The minimum atomic E-state index is -0.413. The van der Waals surface area contributed by atoms with Crippen molar-refractivity contribution < 1.29 is 11.3 Å². The number of nitrogens with zero attached hydrogens (tertiary/aromatic N) is 2. The van der Waals surface area contributed by atoms with Gasteiger partial charge in [0.2, 0.25) is 0 Å². The summed E-state index contributed by atoms with van der Waals surface area (Å²) in [5.41, 5.74) is 8.37. The van der Waals surface area contributed by atoms with E-state index < -0.39 is 6.04 Å². The zero-order chi connectivity index (χ0) is 36.4. The van der Waals surface area contributed by atoms with Crippen LogP contribution < -0.4 is 0 Å². The second-order valence-electron chi connectivity index (χ2n) is 12.6. The van der Waals surface area contributed by atoms with Crippen LogP contribution in [0.15, 0.2) is 174 Å². The summed E-state index contributed by atoms with van der Waals surface area (Å²) in [6, 6.07) is 46.7. The van der Waals surface area contributed by atoms with Crippen molar-refractivity contribution in [3.05, 3.63) is 170 Å². The van der Waals surface area contributed by atoms with Crippen molar-refractivity contribution in [1.29, 1.82) is 0 Å². The molecule has 8 aromatic carbocycles. The fraction of sp³-hybridized carbons (Fsp3) is 0. The van der Waals surface area contributed by atoms with Crippen LogP contribution in [0.5, 0.6) is 0 Å². The van der Waals surface area contributed by atoms with Crippen LogP contribution >= 0.6 is 0 Å². The third kappa shape index (κ3) is 3.73. The first kappa shape index (κ1) is 22.1. The Morgan fingerprint density at radius 3 is 1.80 bits per heavy atom. The monoisotopic (exact) mass is 629 g/mol. The lowest BCUT2D eigenvalue weighted by Crippen LogP contribution is -1.95. The van der Waals surface area contributed by atoms with Crippen LogP contribution in [0.2, 0.25) is 0 Å². The van der Waals surface area contributed by atoms with E-state index in [1.54, 1.807) is 12.1 Å². The molecule has 0 fully saturated rings. The highest BCUT2D eigenvalue weighted by molar-refractivity contribution is 6.29. The zero-order valence-corrected chi connectivity index (χ0v) is 26.1. The maximum absolute atomic E-state index is 8.67. The molecule has 228 valence electrons. The van der Waals surface area contributed by atoms with E-state index in [1.165, 1.54) is 26.9 Å². The lowest BCUT2D eigenvalue weighted by molar-refractivity contribution is 0.668. The quantitative estimate of drug-likeness (QED) is 0.191. The SMILES string of the molecule is [2H]c1c([2H])c([2H])c(-c2cccc3oc4cc(-n5c6ccccc6c6c7c8ccccc8n(-c8ccc9ccccc9c8)c7ccc65)ccc4c23)c([2H])c1[2H]. The number of furan rings is 1. The van der Waals surface area contributed by atoms with Crippen molar-refractivity contribution >= 4 is 76.3 Å². The Labute approximate surface area is 288 Å². The first-order valence-corrected chi connectivity index (χ1v) is 16.4. The Hall–Kier alpha value is -6.58. The number of rotatable bonds is 3. The Kier molecular flexibility index (Phi) is 4.49. The molecule has 0 aliphatic heterocycles. The second-order valence-corrected chi connectivity index (χ2v) is 12.6. The average molecular weight is 630 g/mol. The van der Waals surface area contributed by atoms with Crippen LogP contribution in [-0.2, 0) is 0 Å². The summed E-state index contributed by atoms with van der Waals surface area (Å²) in [6.45, 7) is 0. The van der Waals surface area contributed by atoms with Crippen molar-refractivity contribution in [2.24, 2.45) is 0 Å². The summed E-state index contributed by atoms with van der Waals surface area (Å²) in [6.07, 6.45) is 0. The van der Waals surface area contributed by atoms with Crippen molar-refractivity contribution in [1.82, 2.24) is 9.13 Å². The Morgan fingerprint density at radius 1 is 0.429 bits per heavy atom. The second kappa shape index (κ2) is 9.96. The molecule has 0 atom stereocenters. The van der Waals surface area contributed by atoms with Crippen molar-refractivity contribution in [3.63, 3.8) is 0 Å². The maximum Gasteiger partial charge on any atom is 0.137 e. The lowest BCUT2D eigenvalue weighted by Gasteiger charge is -2.10. The van der Waals surface area contributed by atoms with E-state index >= 15 is 0 Å². The Morgan fingerprint density at radius 2 is 1.06 bits per heavy atom. The van der Waals surface area contributed by atoms with E-state index in [-0.39, 0.29) is 29.7 Å². The number of hydrogen-bond donors (Lipinski definition) is 0. The summed E-state index contributed by atoms with van der Waals surface area (Å²) in [7, 11) is 0. The zero-order valence-electron chi connectivity index (χ0n) is 31.1. The predicted octanol–water partition coefficient (Wildman–Crippen LogP) is 12.6. The number of aromatic nitrogens is 2. The van der Waals surface area contributed by atoms with E-state index in [0.717, 1.165) is 44.2 Å². The molecule has 0 bridgehead atoms. The highest BCUT2D eigenvalue weighted by Crippen LogP contribution is 2.43. The molecule has 0 spiro atoms. The van der Waals surface area contributed by atoms with Gasteiger partial charge in [-0.15, -0.1) is 0 Å². The summed E-state index contributed by atoms with van der Waals surface area (Å²) in [4.78, 5) is 0. The first-order valence-electron chi connectivity index (χ1n) is 18.9. The number of para-hydroxylation sites is 2. The van der Waals surface area contributed by atoms with E-state index in [1.807, 2.05) is 18.2 Å². The highest BCUT2D eigenvalue weighted by atomic mass is 16.3. The van der Waals surface area contributed by atoms with Crippen LogP contribution in [0.4, 0.5) is 0 Å². The van der Waals surface area contributed by atoms with Crippen LogP contribution in [0, 0.1) is 0 Å². The summed E-state index contributed by atoms with van der Waals surface area (Å²) in [5, 5.41) is 8.61. The minimum Gasteiger partial charge on any atom is -0.456 e. The van der Waals surface area contributed by atoms with Crippen molar-refractivity contribution in [2.45, 2.75) is 0 Å². The number of hydrogen-bond acceptors (Lipinski definition) is 1. The van der Waals surface area contributed by atoms with Crippen LogP contribution in [0.1, 0.15) is 6.85 Å². The molecule has 11 rings (SSSR count). The van der Waals surface area contributed by atoms with Gasteiger partial charge in [0.15, 0.2) is 0 Å². The molecule has 3 heterocycles. The standard InChI is InChI=1S/C46H28N2O/c1-2-12-30(13-3-1)34-17-10-20-42-44(34)37-24-23-33(28-43(37)49-42)48-39-19-9-7-16-36(39)46-41(48)26-25-40-45(46)35-15-6-8-18-38(35)47(40)32-22-21-29-11-4-5-14-31(29)27-32/h1-28H/i1D,2D,3D,12D,13D. The van der Waals surface area contributed by atoms with Gasteiger partial charge in [0, 0.05) is 49.8 Å². The third-order valence-electron chi connectivity index (χ3n) is 9.97. The average Bonchev–Trinajstić information content (AvgIpc) is 3.86. The van der Waals surface area contributed by atoms with Gasteiger partial charge in [0.25, 0.3) is 0 Å². The smallest absolute Gasteiger partial charge is 0.137 e. The summed E-state index contributed by atoms with van der Waals surface area (Å²) < 4.78 is 53.2. The largest absolute Gasteiger partial charge is 0.456 e. The van der Waals surface area contributed by atoms with Gasteiger partial charge in [0.05, 0.1) is 28.9 Å². The molecule has 49 heavy (non-hydrogen) atoms. The van der Waals surface area contributed by atoms with E-state index in [9.17, 15) is 0 Å². The van der Waals surface area contributed by atoms with Gasteiger partial charge in [-0.1, -0.05) is 109 Å². The fourth-order valence-corrected chi connectivity index (χ4v) is 7.94. The van der Waals surface area contributed by atoms with E-state index in [2.05, 4.69) is 118 Å². The first-order chi connectivity index (χ1) is 26.4. The molecule has 3 heteroatoms. The molecule has 0 saturated carbocycles. The molecule has 0 aliphatic rings. The van der Waals surface area contributed by atoms with Gasteiger partial charge in [-0.05, 0) is 76.5 Å². The van der Waals surface area contributed by atoms with Gasteiger partial charge in [-0.2, -0.15) is 0 Å². The van der Waals surface area contributed by atoms with Crippen LogP contribution in [0.3, 0.4) is 0 Å². The van der Waals surface area contributed by atoms with Crippen molar-refractivity contribution in [3.8, 4) is 22.5 Å². The Bertz CT molecular complexity index is 3380. The molecular weight excluding hydrogens is 597 g/mol. The summed E-state index contributed by atoms with van der Waals surface area (Å²) in [5.74, 6) is 0. The molecule has 3 aromatic heterocycles. The predicted molar refractivity (Wildman–Crippen MR) is 205 cm³/mol. The van der Waals surface area contributed by atoms with Crippen LogP contribution in [0.25, 0.3) is 98.8 Å². The van der Waals surface area contributed by atoms with Gasteiger partial charge in [-0.3, -0.25) is 0 Å². The Balaban J connectivity index is 1.17. The topological polar surface area (TPSA) is 23.0 Å². The molecule has 0 unspecified atom stereocenters. The van der Waals surface area contributed by atoms with E-state index in [0.29, 0.717) is 22.1 Å². The fourth-order valence-electron chi connectivity index (χ4n) is 7.94. The van der Waals surface area contributed by atoms with Gasteiger partial charge >= 0.3 is 0 Å². The molecule has 0 aliphatic carbocycles. The van der Waals surface area contributed by atoms with Gasteiger partial charge in [-0.25, -0.2) is 0 Å². The normalized spacial score (nSPS) is 13.5. The van der Waals surface area contributed by atoms with Crippen molar-refractivity contribution in [2.75, 3.05) is 0 Å². The lowest BCUT2D eigenvalue weighted by atomic mass is 9.99. The highest BCUT2D eigenvalue weighted by Gasteiger charge is 2.21. The molecule has 11 aromatic rings. The third-order valence-corrected chi connectivity index (χ3v) is 9.97. The number of fused-ring (bicyclic) bond motifs is 11. The maximum atomic E-state index is 8.67. The molecule has 0 amide bonds. The molecular formula is C46H28N2O. The number of benzene rings is 8. The molecule has 3 nitrogen and oxygen atoms in total. The van der Waals surface area contributed by atoms with Gasteiger partial charge < -0.3 is 13.6 Å². The molecule has 0 radical (unpaired) electrons. The molecule has 0 saturated heterocycles. The molecule has 0 N–H and O–H groups in total. The van der Waals surface area contributed by atoms with E-state index in [4.69, 9.17) is 11.3 Å².